The van der Waals surface area contributed by atoms with Crippen LogP contribution in [0.15, 0.2) is 67.0 Å². The van der Waals surface area contributed by atoms with Gasteiger partial charge in [0.1, 0.15) is 12.0 Å². The number of hydrogen-bond acceptors (Lipinski definition) is 5. The van der Waals surface area contributed by atoms with E-state index in [1.165, 1.54) is 11.1 Å². The van der Waals surface area contributed by atoms with E-state index in [1.807, 2.05) is 12.1 Å². The Morgan fingerprint density at radius 2 is 1.15 bits per heavy atom. The van der Waals surface area contributed by atoms with Gasteiger partial charge >= 0.3 is 0 Å². The quantitative estimate of drug-likeness (QED) is 0.654. The molecule has 0 aliphatic heterocycles. The van der Waals surface area contributed by atoms with E-state index < -0.39 is 0 Å². The van der Waals surface area contributed by atoms with Gasteiger partial charge in [0.05, 0.1) is 0 Å². The first-order valence-corrected chi connectivity index (χ1v) is 9.41. The summed E-state index contributed by atoms with van der Waals surface area (Å²) < 4.78 is 0. The fourth-order valence-corrected chi connectivity index (χ4v) is 3.22. The lowest BCUT2D eigenvalue weighted by Gasteiger charge is -2.28. The zero-order valence-electron chi connectivity index (χ0n) is 16.0. The van der Waals surface area contributed by atoms with E-state index in [2.05, 4.69) is 82.1 Å². The minimum atomic E-state index is 0.632. The molecule has 3 aromatic rings. The van der Waals surface area contributed by atoms with Gasteiger partial charge in [-0.2, -0.15) is 0 Å². The summed E-state index contributed by atoms with van der Waals surface area (Å²) in [5.74, 6) is 1.58. The van der Waals surface area contributed by atoms with Crippen molar-refractivity contribution in [1.82, 2.24) is 9.97 Å². The number of benzene rings is 2. The summed E-state index contributed by atoms with van der Waals surface area (Å²) in [7, 11) is 0. The summed E-state index contributed by atoms with van der Waals surface area (Å²) in [4.78, 5) is 13.4. The molecule has 1 heterocycles. The molecule has 0 amide bonds. The Morgan fingerprint density at radius 3 is 1.59 bits per heavy atom. The average Bonchev–Trinajstić information content (AvgIpc) is 2.71. The average molecular weight is 361 g/mol. The summed E-state index contributed by atoms with van der Waals surface area (Å²) >= 11 is 0. The lowest BCUT2D eigenvalue weighted by molar-refractivity contribution is 0.777. The monoisotopic (exact) mass is 361 g/mol. The molecule has 27 heavy (non-hydrogen) atoms. The summed E-state index contributed by atoms with van der Waals surface area (Å²) in [5, 5.41) is 0. The largest absolute Gasteiger partial charge is 0.393 e. The van der Waals surface area contributed by atoms with Crippen molar-refractivity contribution in [2.24, 2.45) is 0 Å². The molecule has 0 saturated heterocycles. The van der Waals surface area contributed by atoms with Gasteiger partial charge in [0.25, 0.3) is 0 Å². The van der Waals surface area contributed by atoms with Crippen molar-refractivity contribution in [2.75, 3.05) is 28.6 Å². The maximum atomic E-state index is 6.54. The van der Waals surface area contributed by atoms with E-state index in [-0.39, 0.29) is 0 Å². The standard InChI is InChI=1S/C22H27N5/c1-3-26(4-2)21-20(23)22(25-17-24-21)27(15-18-11-7-5-8-12-18)16-19-13-9-6-10-14-19/h5-14,17H,3-4,15-16,23H2,1-2H3. The molecule has 0 bridgehead atoms. The lowest BCUT2D eigenvalue weighted by Crippen LogP contribution is -2.28. The molecule has 140 valence electrons. The molecule has 3 rings (SSSR count). The molecule has 0 saturated carbocycles. The Balaban J connectivity index is 1.98. The molecular weight excluding hydrogens is 334 g/mol. The van der Waals surface area contributed by atoms with Crippen molar-refractivity contribution in [3.8, 4) is 0 Å². The third-order valence-corrected chi connectivity index (χ3v) is 4.64. The summed E-state index contributed by atoms with van der Waals surface area (Å²) in [5.41, 5.74) is 9.60. The highest BCUT2D eigenvalue weighted by molar-refractivity contribution is 5.75. The van der Waals surface area contributed by atoms with Crippen LogP contribution < -0.4 is 15.5 Å². The third kappa shape index (κ3) is 4.56. The number of hydrogen-bond donors (Lipinski definition) is 1. The Kier molecular flexibility index (Phi) is 6.26. The Labute approximate surface area is 161 Å². The molecule has 0 aliphatic carbocycles. The van der Waals surface area contributed by atoms with Crippen molar-refractivity contribution < 1.29 is 0 Å². The molecule has 0 aliphatic rings. The first-order chi connectivity index (χ1) is 13.2. The highest BCUT2D eigenvalue weighted by atomic mass is 15.2. The molecule has 0 atom stereocenters. The molecule has 1 aromatic heterocycles. The molecule has 2 N–H and O–H groups in total. The van der Waals surface area contributed by atoms with E-state index in [1.54, 1.807) is 6.33 Å². The highest BCUT2D eigenvalue weighted by Gasteiger charge is 2.18. The number of nitrogens with two attached hydrogens (primary N) is 1. The molecule has 5 heteroatoms. The molecule has 0 radical (unpaired) electrons. The van der Waals surface area contributed by atoms with Gasteiger partial charge in [-0.1, -0.05) is 60.7 Å². The SMILES string of the molecule is CCN(CC)c1ncnc(N(Cc2ccccc2)Cc2ccccc2)c1N. The minimum Gasteiger partial charge on any atom is -0.393 e. The number of nitrogen functional groups attached to an aromatic ring is 1. The molecule has 0 spiro atoms. The van der Waals surface area contributed by atoms with Gasteiger partial charge < -0.3 is 15.5 Å². The van der Waals surface area contributed by atoms with E-state index in [9.17, 15) is 0 Å². The zero-order valence-corrected chi connectivity index (χ0v) is 16.0. The Bertz CT molecular complexity index is 790. The second-order valence-corrected chi connectivity index (χ2v) is 6.43. The van der Waals surface area contributed by atoms with E-state index >= 15 is 0 Å². The second-order valence-electron chi connectivity index (χ2n) is 6.43. The van der Waals surface area contributed by atoms with Gasteiger partial charge in [0.15, 0.2) is 11.6 Å². The summed E-state index contributed by atoms with van der Waals surface area (Å²) in [6.45, 7) is 7.39. The van der Waals surface area contributed by atoms with Crippen LogP contribution in [0.1, 0.15) is 25.0 Å². The smallest absolute Gasteiger partial charge is 0.158 e. The van der Waals surface area contributed by atoms with Crippen LogP contribution in [0.3, 0.4) is 0 Å². The maximum absolute atomic E-state index is 6.54. The molecule has 2 aromatic carbocycles. The van der Waals surface area contributed by atoms with E-state index in [0.29, 0.717) is 5.69 Å². The van der Waals surface area contributed by atoms with Crippen LogP contribution in [0.5, 0.6) is 0 Å². The molecule has 0 fully saturated rings. The van der Waals surface area contributed by atoms with Crippen LogP contribution >= 0.6 is 0 Å². The van der Waals surface area contributed by atoms with Crippen LogP contribution in [-0.2, 0) is 13.1 Å². The highest BCUT2D eigenvalue weighted by Crippen LogP contribution is 2.30. The van der Waals surface area contributed by atoms with Crippen LogP contribution in [0.2, 0.25) is 0 Å². The fraction of sp³-hybridized carbons (Fsp3) is 0.273. The van der Waals surface area contributed by atoms with E-state index in [0.717, 1.165) is 37.8 Å². The predicted octanol–water partition coefficient (Wildman–Crippen LogP) is 4.11. The van der Waals surface area contributed by atoms with Gasteiger partial charge in [0, 0.05) is 26.2 Å². The molecule has 0 unspecified atom stereocenters. The van der Waals surface area contributed by atoms with Crippen LogP contribution in [-0.4, -0.2) is 23.1 Å². The number of anilines is 3. The second kappa shape index (κ2) is 9.03. The lowest BCUT2D eigenvalue weighted by atomic mass is 10.1. The zero-order chi connectivity index (χ0) is 19.1. The Morgan fingerprint density at radius 1 is 0.704 bits per heavy atom. The third-order valence-electron chi connectivity index (χ3n) is 4.64. The van der Waals surface area contributed by atoms with Crippen LogP contribution in [0.25, 0.3) is 0 Å². The molecule has 5 nitrogen and oxygen atoms in total. The van der Waals surface area contributed by atoms with Gasteiger partial charge in [0.2, 0.25) is 0 Å². The van der Waals surface area contributed by atoms with Gasteiger partial charge in [-0.05, 0) is 25.0 Å². The fourth-order valence-electron chi connectivity index (χ4n) is 3.22. The first kappa shape index (κ1) is 18.7. The van der Waals surface area contributed by atoms with Crippen LogP contribution in [0.4, 0.5) is 17.3 Å². The van der Waals surface area contributed by atoms with Gasteiger partial charge in [-0.15, -0.1) is 0 Å². The normalized spacial score (nSPS) is 10.6. The van der Waals surface area contributed by atoms with Crippen molar-refractivity contribution in [3.63, 3.8) is 0 Å². The minimum absolute atomic E-state index is 0.632. The van der Waals surface area contributed by atoms with Crippen molar-refractivity contribution in [1.29, 1.82) is 0 Å². The van der Waals surface area contributed by atoms with Gasteiger partial charge in [-0.25, -0.2) is 9.97 Å². The van der Waals surface area contributed by atoms with Crippen LogP contribution in [0, 0.1) is 0 Å². The Hall–Kier alpha value is -3.08. The van der Waals surface area contributed by atoms with Gasteiger partial charge in [-0.3, -0.25) is 0 Å². The number of nitrogens with zero attached hydrogens (tertiary/aromatic N) is 4. The van der Waals surface area contributed by atoms with Crippen molar-refractivity contribution >= 4 is 17.3 Å². The predicted molar refractivity (Wildman–Crippen MR) is 113 cm³/mol. The molecular formula is C22H27N5. The summed E-state index contributed by atoms with van der Waals surface area (Å²) in [6, 6.07) is 20.8. The number of rotatable bonds is 8. The summed E-state index contributed by atoms with van der Waals surface area (Å²) in [6.07, 6.45) is 1.61. The van der Waals surface area contributed by atoms with E-state index in [4.69, 9.17) is 5.73 Å². The van der Waals surface area contributed by atoms with Crippen molar-refractivity contribution in [2.45, 2.75) is 26.9 Å². The first-order valence-electron chi connectivity index (χ1n) is 9.41. The maximum Gasteiger partial charge on any atom is 0.158 e. The number of aromatic nitrogens is 2. The topological polar surface area (TPSA) is 58.3 Å². The van der Waals surface area contributed by atoms with Crippen molar-refractivity contribution in [3.05, 3.63) is 78.1 Å².